The highest BCUT2D eigenvalue weighted by Gasteiger charge is 2.13. The van der Waals surface area contributed by atoms with Crippen molar-refractivity contribution in [1.82, 2.24) is 19.5 Å². The molecule has 7 heteroatoms. The van der Waals surface area contributed by atoms with E-state index in [-0.39, 0.29) is 10.9 Å². The van der Waals surface area contributed by atoms with Crippen LogP contribution in [0.4, 0.5) is 10.2 Å². The summed E-state index contributed by atoms with van der Waals surface area (Å²) in [6.07, 6.45) is 0. The van der Waals surface area contributed by atoms with Gasteiger partial charge >= 0.3 is 0 Å². The first kappa shape index (κ1) is 16.4. The van der Waals surface area contributed by atoms with E-state index in [2.05, 4.69) is 20.3 Å². The Morgan fingerprint density at radius 2 is 1.88 bits per heavy atom. The summed E-state index contributed by atoms with van der Waals surface area (Å²) in [7, 11) is 3.98. The van der Waals surface area contributed by atoms with Crippen molar-refractivity contribution in [3.63, 3.8) is 0 Å². The number of nitrogens with one attached hydrogen (secondary N) is 1. The van der Waals surface area contributed by atoms with Crippen LogP contribution >= 0.6 is 0 Å². The van der Waals surface area contributed by atoms with Crippen molar-refractivity contribution in [2.75, 3.05) is 32.5 Å². The molecule has 26 heavy (non-hydrogen) atoms. The first-order chi connectivity index (χ1) is 12.5. The second kappa shape index (κ2) is 6.34. The molecule has 0 bridgehead atoms. The first-order valence-corrected chi connectivity index (χ1v) is 8.34. The van der Waals surface area contributed by atoms with E-state index in [0.717, 1.165) is 17.3 Å². The van der Waals surface area contributed by atoms with Crippen molar-refractivity contribution in [1.29, 1.82) is 0 Å². The van der Waals surface area contributed by atoms with Crippen molar-refractivity contribution < 1.29 is 4.39 Å². The maximum absolute atomic E-state index is 13.6. The molecule has 2 heterocycles. The Labute approximate surface area is 148 Å². The molecule has 0 aliphatic rings. The second-order valence-corrected chi connectivity index (χ2v) is 6.44. The molecule has 2 aromatic carbocycles. The molecule has 4 rings (SSSR count). The monoisotopic (exact) mass is 351 g/mol. The third kappa shape index (κ3) is 2.76. The quantitative estimate of drug-likeness (QED) is 0.452. The van der Waals surface area contributed by atoms with Crippen LogP contribution in [0.25, 0.3) is 27.3 Å². The smallest absolute Gasteiger partial charge is 0.282 e. The molecule has 0 saturated heterocycles. The van der Waals surface area contributed by atoms with Gasteiger partial charge in [-0.3, -0.25) is 4.79 Å². The maximum atomic E-state index is 13.6. The van der Waals surface area contributed by atoms with Gasteiger partial charge < -0.3 is 10.2 Å². The standard InChI is InChI=1S/C19H18FN5O/c1-24(2)10-9-21-17-13-5-3-4-6-14(13)18-22-16-8-7-12(20)11-15(16)19(26)25(18)23-17/h3-8,11H,9-10H2,1-2H3,(H,21,23). The largest absolute Gasteiger partial charge is 0.367 e. The van der Waals surface area contributed by atoms with E-state index in [4.69, 9.17) is 0 Å². The molecule has 0 radical (unpaired) electrons. The summed E-state index contributed by atoms with van der Waals surface area (Å²) < 4.78 is 14.8. The Hall–Kier alpha value is -3.06. The van der Waals surface area contributed by atoms with Crippen LogP contribution in [0.1, 0.15) is 0 Å². The van der Waals surface area contributed by atoms with Crippen LogP contribution in [-0.4, -0.2) is 46.7 Å². The lowest BCUT2D eigenvalue weighted by atomic mass is 10.1. The van der Waals surface area contributed by atoms with E-state index in [1.807, 2.05) is 38.4 Å². The summed E-state index contributed by atoms with van der Waals surface area (Å²) in [4.78, 5) is 19.5. The van der Waals surface area contributed by atoms with Crippen molar-refractivity contribution in [2.45, 2.75) is 0 Å². The second-order valence-electron chi connectivity index (χ2n) is 6.44. The number of rotatable bonds is 4. The fourth-order valence-corrected chi connectivity index (χ4v) is 2.98. The number of hydrogen-bond donors (Lipinski definition) is 1. The predicted molar refractivity (Wildman–Crippen MR) is 101 cm³/mol. The fourth-order valence-electron chi connectivity index (χ4n) is 2.98. The highest BCUT2D eigenvalue weighted by molar-refractivity contribution is 6.01. The Morgan fingerprint density at radius 3 is 2.65 bits per heavy atom. The van der Waals surface area contributed by atoms with Gasteiger partial charge in [0.15, 0.2) is 11.5 Å². The number of likely N-dealkylation sites (N-methyl/N-ethyl adjacent to an activating group) is 1. The summed E-state index contributed by atoms with van der Waals surface area (Å²) >= 11 is 0. The third-order valence-electron chi connectivity index (χ3n) is 4.28. The molecule has 4 aromatic rings. The molecule has 0 aliphatic heterocycles. The average Bonchev–Trinajstić information content (AvgIpc) is 2.63. The minimum atomic E-state index is -0.471. The summed E-state index contributed by atoms with van der Waals surface area (Å²) in [5, 5.41) is 9.67. The zero-order valence-electron chi connectivity index (χ0n) is 14.5. The van der Waals surface area contributed by atoms with Crippen LogP contribution < -0.4 is 10.9 Å². The minimum Gasteiger partial charge on any atom is -0.367 e. The van der Waals surface area contributed by atoms with E-state index in [9.17, 15) is 9.18 Å². The molecule has 0 saturated carbocycles. The van der Waals surface area contributed by atoms with Crippen LogP contribution in [0.3, 0.4) is 0 Å². The Morgan fingerprint density at radius 1 is 1.12 bits per heavy atom. The summed E-state index contributed by atoms with van der Waals surface area (Å²) in [5.41, 5.74) is 0.533. The number of halogens is 1. The average molecular weight is 351 g/mol. The van der Waals surface area contributed by atoms with Gasteiger partial charge in [0, 0.05) is 23.9 Å². The van der Waals surface area contributed by atoms with Gasteiger partial charge in [0.1, 0.15) is 5.82 Å². The van der Waals surface area contributed by atoms with Gasteiger partial charge in [-0.1, -0.05) is 24.3 Å². The fraction of sp³-hybridized carbons (Fsp3) is 0.211. The number of nitrogens with zero attached hydrogens (tertiary/aromatic N) is 4. The molecular weight excluding hydrogens is 333 g/mol. The highest BCUT2D eigenvalue weighted by Crippen LogP contribution is 2.24. The molecule has 0 fully saturated rings. The zero-order chi connectivity index (χ0) is 18.3. The molecule has 0 aliphatic carbocycles. The van der Waals surface area contributed by atoms with Crippen LogP contribution in [0.2, 0.25) is 0 Å². The summed E-state index contributed by atoms with van der Waals surface area (Å²) in [5.74, 6) is 0.135. The summed E-state index contributed by atoms with van der Waals surface area (Å²) in [6, 6.07) is 11.7. The Bertz CT molecular complexity index is 1190. The van der Waals surface area contributed by atoms with Gasteiger partial charge in [0.25, 0.3) is 5.56 Å². The number of anilines is 1. The van der Waals surface area contributed by atoms with E-state index in [0.29, 0.717) is 23.5 Å². The van der Waals surface area contributed by atoms with E-state index in [1.54, 1.807) is 0 Å². The van der Waals surface area contributed by atoms with Crippen molar-refractivity contribution in [3.05, 3.63) is 58.6 Å². The molecule has 132 valence electrons. The molecule has 6 nitrogen and oxygen atoms in total. The first-order valence-electron chi connectivity index (χ1n) is 8.34. The number of fused-ring (bicyclic) bond motifs is 4. The number of benzene rings is 2. The number of aromatic nitrogens is 3. The van der Waals surface area contributed by atoms with Gasteiger partial charge in [-0.05, 0) is 32.3 Å². The van der Waals surface area contributed by atoms with Gasteiger partial charge in [-0.15, -0.1) is 5.10 Å². The molecule has 0 amide bonds. The van der Waals surface area contributed by atoms with Crippen LogP contribution in [0, 0.1) is 5.82 Å². The predicted octanol–water partition coefficient (Wildman–Crippen LogP) is 2.51. The van der Waals surface area contributed by atoms with Gasteiger partial charge in [0.05, 0.1) is 10.9 Å². The van der Waals surface area contributed by atoms with Crippen molar-refractivity contribution in [3.8, 4) is 0 Å². The van der Waals surface area contributed by atoms with E-state index < -0.39 is 5.82 Å². The molecule has 0 atom stereocenters. The lowest BCUT2D eigenvalue weighted by Crippen LogP contribution is -2.23. The van der Waals surface area contributed by atoms with Crippen molar-refractivity contribution in [2.24, 2.45) is 0 Å². The maximum Gasteiger partial charge on any atom is 0.282 e. The van der Waals surface area contributed by atoms with Gasteiger partial charge in [0.2, 0.25) is 0 Å². The molecular formula is C19H18FN5O. The zero-order valence-corrected chi connectivity index (χ0v) is 14.5. The number of hydrogen-bond acceptors (Lipinski definition) is 5. The van der Waals surface area contributed by atoms with Crippen LogP contribution in [0.5, 0.6) is 0 Å². The molecule has 1 N–H and O–H groups in total. The van der Waals surface area contributed by atoms with Gasteiger partial charge in [-0.25, -0.2) is 9.37 Å². The van der Waals surface area contributed by atoms with Crippen LogP contribution in [-0.2, 0) is 0 Å². The van der Waals surface area contributed by atoms with Crippen molar-refractivity contribution >= 4 is 33.1 Å². The van der Waals surface area contributed by atoms with Gasteiger partial charge in [-0.2, -0.15) is 4.52 Å². The lowest BCUT2D eigenvalue weighted by Gasteiger charge is -2.14. The van der Waals surface area contributed by atoms with E-state index in [1.165, 1.54) is 22.7 Å². The van der Waals surface area contributed by atoms with Crippen LogP contribution in [0.15, 0.2) is 47.3 Å². The third-order valence-corrected chi connectivity index (χ3v) is 4.28. The van der Waals surface area contributed by atoms with E-state index >= 15 is 0 Å². The molecule has 0 spiro atoms. The molecule has 2 aromatic heterocycles. The topological polar surface area (TPSA) is 62.5 Å². The highest BCUT2D eigenvalue weighted by atomic mass is 19.1. The summed E-state index contributed by atoms with van der Waals surface area (Å²) in [6.45, 7) is 1.50. The molecule has 0 unspecified atom stereocenters. The SMILES string of the molecule is CN(C)CCNc1nn2c(=O)c3cc(F)ccc3nc2c2ccccc12. The normalized spacial score (nSPS) is 11.7. The Balaban J connectivity index is 2.01. The minimum absolute atomic E-state index is 0.213. The lowest BCUT2D eigenvalue weighted by molar-refractivity contribution is 0.425. The Kier molecular flexibility index (Phi) is 4.00.